The number of ether oxygens (including phenoxy) is 3. The van der Waals surface area contributed by atoms with Gasteiger partial charge in [0, 0.05) is 12.1 Å². The van der Waals surface area contributed by atoms with Crippen LogP contribution in [0.1, 0.15) is 49.5 Å². The number of amides is 1. The Labute approximate surface area is 229 Å². The van der Waals surface area contributed by atoms with Crippen LogP contribution < -0.4 is 20.1 Å². The van der Waals surface area contributed by atoms with Crippen LogP contribution in [0.4, 0.5) is 4.39 Å². The number of rotatable bonds is 8. The van der Waals surface area contributed by atoms with Gasteiger partial charge in [-0.3, -0.25) is 9.59 Å². The molecular weight excluding hydrogens is 523 g/mol. The molecule has 4 N–H and O–H groups in total. The molecule has 3 aromatic rings. The molecule has 1 saturated heterocycles. The number of para-hydroxylation sites is 1. The van der Waals surface area contributed by atoms with Crippen LogP contribution in [-0.4, -0.2) is 67.3 Å². The van der Waals surface area contributed by atoms with Gasteiger partial charge in [0.05, 0.1) is 31.4 Å². The highest BCUT2D eigenvalue weighted by atomic mass is 19.1. The molecule has 210 valence electrons. The molecule has 0 bridgehead atoms. The fraction of sp³-hybridized carbons (Fsp3) is 0.276. The fourth-order valence-corrected chi connectivity index (χ4v) is 4.45. The second kappa shape index (κ2) is 12.5. The van der Waals surface area contributed by atoms with E-state index < -0.39 is 46.9 Å². The zero-order valence-corrected chi connectivity index (χ0v) is 21.9. The molecule has 0 aromatic heterocycles. The van der Waals surface area contributed by atoms with Gasteiger partial charge in [-0.2, -0.15) is 0 Å². The standard InChI is InChI=1S/C29H29FN2O8/c1-38-22-13-12-20(33)24(25(22)30)26(34)16-8-10-17(11-9-16)29(37)40-21-7-4-14-31-15-19(21)32-28(36)18-5-3-6-23(39-2)27(18)35/h3,5-6,8-13,19,21,31,33,35H,4,7,14-15H2,1-2H3,(H,32,36)/t19-,21-/m1/s1. The Hall–Kier alpha value is -4.64. The second-order valence-electron chi connectivity index (χ2n) is 9.11. The molecule has 0 saturated carbocycles. The maximum absolute atomic E-state index is 14.6. The summed E-state index contributed by atoms with van der Waals surface area (Å²) >= 11 is 0. The van der Waals surface area contributed by atoms with Gasteiger partial charge in [0.25, 0.3) is 5.91 Å². The minimum atomic E-state index is -0.992. The molecule has 0 radical (unpaired) electrons. The molecule has 10 nitrogen and oxygen atoms in total. The first kappa shape index (κ1) is 28.4. The number of ketones is 1. The molecule has 0 aliphatic carbocycles. The second-order valence-corrected chi connectivity index (χ2v) is 9.11. The summed E-state index contributed by atoms with van der Waals surface area (Å²) in [6.45, 7) is 0.993. The molecule has 3 aromatic carbocycles. The van der Waals surface area contributed by atoms with Gasteiger partial charge < -0.3 is 35.1 Å². The lowest BCUT2D eigenvalue weighted by Gasteiger charge is -2.26. The number of phenolic OH excluding ortho intramolecular Hbond substituents is 2. The number of hydrogen-bond donors (Lipinski definition) is 4. The van der Waals surface area contributed by atoms with Crippen molar-refractivity contribution in [3.63, 3.8) is 0 Å². The third kappa shape index (κ3) is 5.99. The van der Waals surface area contributed by atoms with Gasteiger partial charge in [-0.15, -0.1) is 0 Å². The van der Waals surface area contributed by atoms with Crippen LogP contribution in [0, 0.1) is 5.82 Å². The number of aromatic hydroxyl groups is 2. The lowest BCUT2D eigenvalue weighted by atomic mass is 10.00. The van der Waals surface area contributed by atoms with Crippen LogP contribution in [-0.2, 0) is 4.74 Å². The fourth-order valence-electron chi connectivity index (χ4n) is 4.45. The summed E-state index contributed by atoms with van der Waals surface area (Å²) in [6, 6.07) is 11.7. The summed E-state index contributed by atoms with van der Waals surface area (Å²) in [4.78, 5) is 38.8. The molecule has 1 heterocycles. The molecule has 4 rings (SSSR count). The van der Waals surface area contributed by atoms with E-state index in [0.717, 1.165) is 6.07 Å². The molecule has 0 unspecified atom stereocenters. The van der Waals surface area contributed by atoms with Crippen molar-refractivity contribution in [3.05, 3.63) is 82.7 Å². The minimum absolute atomic E-state index is 0.0208. The van der Waals surface area contributed by atoms with E-state index in [1.807, 2.05) is 0 Å². The molecule has 1 aliphatic heterocycles. The third-order valence-corrected chi connectivity index (χ3v) is 6.61. The number of phenols is 2. The van der Waals surface area contributed by atoms with E-state index >= 15 is 0 Å². The van der Waals surface area contributed by atoms with E-state index in [4.69, 9.17) is 14.2 Å². The zero-order valence-electron chi connectivity index (χ0n) is 21.9. The number of carbonyl (C=O) groups is 3. The van der Waals surface area contributed by atoms with Crippen LogP contribution >= 0.6 is 0 Å². The van der Waals surface area contributed by atoms with Gasteiger partial charge in [0.1, 0.15) is 17.4 Å². The first-order valence-corrected chi connectivity index (χ1v) is 12.5. The van der Waals surface area contributed by atoms with Crippen LogP contribution in [0.5, 0.6) is 23.0 Å². The topological polar surface area (TPSA) is 143 Å². The average molecular weight is 553 g/mol. The summed E-state index contributed by atoms with van der Waals surface area (Å²) in [5, 5.41) is 26.4. The number of hydrogen-bond acceptors (Lipinski definition) is 9. The van der Waals surface area contributed by atoms with Gasteiger partial charge in [0.2, 0.25) is 0 Å². The van der Waals surface area contributed by atoms with Gasteiger partial charge in [0.15, 0.2) is 28.8 Å². The Morgan fingerprint density at radius 1 is 0.950 bits per heavy atom. The van der Waals surface area contributed by atoms with E-state index in [1.165, 1.54) is 56.7 Å². The lowest BCUT2D eigenvalue weighted by molar-refractivity contribution is 0.0191. The Morgan fingerprint density at radius 3 is 2.35 bits per heavy atom. The number of benzene rings is 3. The van der Waals surface area contributed by atoms with Gasteiger partial charge >= 0.3 is 5.97 Å². The summed E-state index contributed by atoms with van der Waals surface area (Å²) in [6.07, 6.45) is 0.486. The highest BCUT2D eigenvalue weighted by Crippen LogP contribution is 2.31. The van der Waals surface area contributed by atoms with E-state index in [-0.39, 0.29) is 33.9 Å². The zero-order chi connectivity index (χ0) is 28.8. The summed E-state index contributed by atoms with van der Waals surface area (Å²) in [7, 11) is 2.62. The first-order chi connectivity index (χ1) is 19.2. The molecular formula is C29H29FN2O8. The lowest BCUT2D eigenvalue weighted by Crippen LogP contribution is -2.49. The largest absolute Gasteiger partial charge is 0.507 e. The Bertz CT molecular complexity index is 1410. The normalized spacial score (nSPS) is 16.9. The summed E-state index contributed by atoms with van der Waals surface area (Å²) < 4.78 is 30.3. The Kier molecular flexibility index (Phi) is 8.85. The predicted octanol–water partition coefficient (Wildman–Crippen LogP) is 3.19. The highest BCUT2D eigenvalue weighted by molar-refractivity contribution is 6.11. The number of esters is 1. The third-order valence-electron chi connectivity index (χ3n) is 6.61. The summed E-state index contributed by atoms with van der Waals surface area (Å²) in [5.74, 6) is -3.88. The van der Waals surface area contributed by atoms with Crippen molar-refractivity contribution in [1.29, 1.82) is 0 Å². The molecule has 1 fully saturated rings. The Balaban J connectivity index is 1.48. The monoisotopic (exact) mass is 552 g/mol. The van der Waals surface area contributed by atoms with Crippen molar-refractivity contribution in [2.75, 3.05) is 27.3 Å². The van der Waals surface area contributed by atoms with Gasteiger partial charge in [-0.05, 0) is 55.8 Å². The molecule has 0 spiro atoms. The van der Waals surface area contributed by atoms with Crippen molar-refractivity contribution >= 4 is 17.7 Å². The van der Waals surface area contributed by atoms with E-state index in [0.29, 0.717) is 25.9 Å². The SMILES string of the molecule is COc1cccc(C(=O)N[C@@H]2CNCCC[C@H]2OC(=O)c2ccc(C(=O)c3c(O)ccc(OC)c3F)cc2)c1O. The van der Waals surface area contributed by atoms with E-state index in [2.05, 4.69) is 10.6 Å². The number of carbonyl (C=O) groups excluding carboxylic acids is 3. The van der Waals surface area contributed by atoms with Crippen LogP contribution in [0.2, 0.25) is 0 Å². The quantitative estimate of drug-likeness (QED) is 0.245. The van der Waals surface area contributed by atoms with Gasteiger partial charge in [-0.1, -0.05) is 18.2 Å². The molecule has 40 heavy (non-hydrogen) atoms. The molecule has 1 aliphatic rings. The predicted molar refractivity (Wildman–Crippen MR) is 142 cm³/mol. The van der Waals surface area contributed by atoms with Crippen LogP contribution in [0.15, 0.2) is 54.6 Å². The number of nitrogens with one attached hydrogen (secondary N) is 2. The van der Waals surface area contributed by atoms with Crippen LogP contribution in [0.3, 0.4) is 0 Å². The Morgan fingerprint density at radius 2 is 1.65 bits per heavy atom. The van der Waals surface area contributed by atoms with Crippen molar-refractivity contribution in [1.82, 2.24) is 10.6 Å². The van der Waals surface area contributed by atoms with E-state index in [9.17, 15) is 29.0 Å². The van der Waals surface area contributed by atoms with Gasteiger partial charge in [-0.25, -0.2) is 9.18 Å². The highest BCUT2D eigenvalue weighted by Gasteiger charge is 2.30. The smallest absolute Gasteiger partial charge is 0.338 e. The maximum Gasteiger partial charge on any atom is 0.338 e. The molecule has 1 amide bonds. The van der Waals surface area contributed by atoms with Crippen molar-refractivity contribution in [2.45, 2.75) is 25.0 Å². The van der Waals surface area contributed by atoms with Crippen LogP contribution in [0.25, 0.3) is 0 Å². The van der Waals surface area contributed by atoms with Crippen molar-refractivity contribution in [2.24, 2.45) is 0 Å². The minimum Gasteiger partial charge on any atom is -0.507 e. The van der Waals surface area contributed by atoms with E-state index in [1.54, 1.807) is 6.07 Å². The van der Waals surface area contributed by atoms with Crippen molar-refractivity contribution < 1.29 is 43.2 Å². The summed E-state index contributed by atoms with van der Waals surface area (Å²) in [5.41, 5.74) is -0.339. The molecule has 2 atom stereocenters. The molecule has 11 heteroatoms. The van der Waals surface area contributed by atoms with Crippen molar-refractivity contribution in [3.8, 4) is 23.0 Å². The number of halogens is 1. The first-order valence-electron chi connectivity index (χ1n) is 12.5. The average Bonchev–Trinajstić information content (AvgIpc) is 3.17. The maximum atomic E-state index is 14.6. The number of methoxy groups -OCH3 is 2.